The molecule has 43 heavy (non-hydrogen) atoms. The Morgan fingerprint density at radius 2 is 1.47 bits per heavy atom. The highest BCUT2D eigenvalue weighted by Crippen LogP contribution is 2.40. The second kappa shape index (κ2) is 13.4. The summed E-state index contributed by atoms with van der Waals surface area (Å²) in [4.78, 5) is 53.4. The Hall–Kier alpha value is -4.16. The summed E-state index contributed by atoms with van der Waals surface area (Å²) in [7, 11) is 0. The number of hydrogen-bond donors (Lipinski definition) is 1. The zero-order valence-electron chi connectivity index (χ0n) is 26.0. The van der Waals surface area contributed by atoms with Crippen LogP contribution < -0.4 is 11.4 Å². The monoisotopic (exact) mass is 608 g/mol. The highest BCUT2D eigenvalue weighted by Gasteiger charge is 2.56. The number of carbonyl (C=O) groups is 3. The molecule has 0 spiro atoms. The molecule has 0 bridgehead atoms. The molecule has 1 aliphatic heterocycles. The molecule has 0 aromatic carbocycles. The molecule has 0 aliphatic carbocycles. The van der Waals surface area contributed by atoms with Crippen LogP contribution in [0.2, 0.25) is 0 Å². The first-order valence-electron chi connectivity index (χ1n) is 13.3. The van der Waals surface area contributed by atoms with Crippen LogP contribution in [0.5, 0.6) is 0 Å². The molecule has 2 heterocycles. The Morgan fingerprint density at radius 1 is 0.953 bits per heavy atom. The van der Waals surface area contributed by atoms with Gasteiger partial charge in [-0.2, -0.15) is 10.2 Å². The zero-order valence-corrected chi connectivity index (χ0v) is 26.0. The zero-order chi connectivity index (χ0) is 32.8. The number of nitrogen functional groups attached to an aromatic ring is 1. The van der Waals surface area contributed by atoms with E-state index in [1.165, 1.54) is 6.07 Å². The van der Waals surface area contributed by atoms with Crippen molar-refractivity contribution >= 4 is 23.7 Å². The third kappa shape index (κ3) is 8.91. The summed E-state index contributed by atoms with van der Waals surface area (Å²) < 4.78 is 39.3. The van der Waals surface area contributed by atoms with Gasteiger partial charge >= 0.3 is 29.3 Å². The van der Waals surface area contributed by atoms with E-state index in [1.807, 2.05) is 6.07 Å². The largest absolute Gasteiger partial charge is 0.455 e. The van der Waals surface area contributed by atoms with Crippen molar-refractivity contribution in [2.75, 3.05) is 32.7 Å². The van der Waals surface area contributed by atoms with Gasteiger partial charge in [0.25, 0.3) is 0 Å². The summed E-state index contributed by atoms with van der Waals surface area (Å²) in [6, 6.07) is 3.17. The first-order valence-corrected chi connectivity index (χ1v) is 13.3. The van der Waals surface area contributed by atoms with Gasteiger partial charge in [0.2, 0.25) is 6.79 Å². The van der Waals surface area contributed by atoms with Crippen LogP contribution in [0.15, 0.2) is 28.6 Å². The van der Waals surface area contributed by atoms with Gasteiger partial charge in [-0.15, -0.1) is 0 Å². The van der Waals surface area contributed by atoms with Crippen LogP contribution in [0.4, 0.5) is 5.82 Å². The molecule has 2 atom stereocenters. The average Bonchev–Trinajstić information content (AvgIpc) is 3.17. The number of nitriles is 1. The Morgan fingerprint density at radius 3 is 1.95 bits per heavy atom. The molecule has 0 fully saturated rings. The lowest BCUT2D eigenvalue weighted by atomic mass is 9.97. The van der Waals surface area contributed by atoms with Gasteiger partial charge in [-0.05, 0) is 68.4 Å². The predicted octanol–water partition coefficient (Wildman–Crippen LogP) is 2.30. The van der Waals surface area contributed by atoms with Crippen LogP contribution in [-0.2, 0) is 53.3 Å². The van der Waals surface area contributed by atoms with E-state index in [0.29, 0.717) is 0 Å². The van der Waals surface area contributed by atoms with Crippen molar-refractivity contribution < 1.29 is 47.5 Å². The molecule has 15 nitrogen and oxygen atoms in total. The van der Waals surface area contributed by atoms with E-state index in [1.54, 1.807) is 62.3 Å². The lowest BCUT2D eigenvalue weighted by Crippen LogP contribution is -2.50. The van der Waals surface area contributed by atoms with Crippen LogP contribution in [0.25, 0.3) is 0 Å². The number of rotatable bonds is 11. The number of hydrogen-bond acceptors (Lipinski definition) is 14. The van der Waals surface area contributed by atoms with Gasteiger partial charge in [0.15, 0.2) is 31.2 Å². The third-order valence-corrected chi connectivity index (χ3v) is 5.66. The van der Waals surface area contributed by atoms with E-state index in [9.17, 15) is 24.4 Å². The summed E-state index contributed by atoms with van der Waals surface area (Å²) in [5.74, 6) is -2.26. The number of ether oxygens (including phenoxy) is 7. The van der Waals surface area contributed by atoms with Gasteiger partial charge in [0.1, 0.15) is 18.5 Å². The molecule has 0 saturated carbocycles. The highest BCUT2D eigenvalue weighted by molar-refractivity contribution is 5.76. The maximum Gasteiger partial charge on any atom is 0.353 e. The Bertz CT molecular complexity index is 1330. The lowest BCUT2D eigenvalue weighted by Gasteiger charge is -2.30. The van der Waals surface area contributed by atoms with Crippen molar-refractivity contribution in [2.45, 2.75) is 74.1 Å². The fraction of sp³-hybridized carbons (Fsp3) is 0.643. The van der Waals surface area contributed by atoms with E-state index in [-0.39, 0.29) is 17.3 Å². The van der Waals surface area contributed by atoms with E-state index >= 15 is 0 Å². The van der Waals surface area contributed by atoms with Gasteiger partial charge in [-0.1, -0.05) is 0 Å². The molecular formula is C28H40N4O11. The van der Waals surface area contributed by atoms with E-state index < -0.39 is 78.7 Å². The SMILES string of the molecule is CC(C)(C)C(=O)OCOCC1=C(OCOC(=O)C(C)(C)C)C(OCOC(=O)C(C)(C)C)[C@](C#N)(n2ccc(N)nc2=O)O1. The standard InChI is InChI=1S/C28H40N4O11/c1-25(2,3)21(33)40-14-37-12-17-19(38-15-41-22(34)26(4,5)6)20(39-16-42-23(35)27(7,8)9)28(13-29,43-17)32-11-10-18(30)31-24(32)36/h10-11,20H,12,14-16H2,1-9H3,(H2,30,31,36)/t20?,28-/m1/s1. The predicted molar refractivity (Wildman–Crippen MR) is 148 cm³/mol. The average molecular weight is 609 g/mol. The minimum Gasteiger partial charge on any atom is -0.455 e. The van der Waals surface area contributed by atoms with Crippen LogP contribution in [0.1, 0.15) is 62.3 Å². The summed E-state index contributed by atoms with van der Waals surface area (Å²) in [6.45, 7) is 12.5. The summed E-state index contributed by atoms with van der Waals surface area (Å²) >= 11 is 0. The van der Waals surface area contributed by atoms with E-state index in [2.05, 4.69) is 4.98 Å². The third-order valence-electron chi connectivity index (χ3n) is 5.66. The maximum absolute atomic E-state index is 12.9. The molecule has 0 radical (unpaired) electrons. The summed E-state index contributed by atoms with van der Waals surface area (Å²) in [6.07, 6.45) is -0.421. The number of anilines is 1. The van der Waals surface area contributed by atoms with E-state index in [4.69, 9.17) is 38.9 Å². The van der Waals surface area contributed by atoms with Crippen LogP contribution >= 0.6 is 0 Å². The van der Waals surface area contributed by atoms with E-state index in [0.717, 1.165) is 10.8 Å². The number of carbonyl (C=O) groups excluding carboxylic acids is 3. The van der Waals surface area contributed by atoms with Gasteiger partial charge in [0.05, 0.1) is 16.2 Å². The van der Waals surface area contributed by atoms with Crippen LogP contribution in [-0.4, -0.2) is 60.5 Å². The first-order chi connectivity index (χ1) is 19.7. The second-order valence-electron chi connectivity index (χ2n) is 12.6. The smallest absolute Gasteiger partial charge is 0.353 e. The fourth-order valence-corrected chi connectivity index (χ4v) is 3.22. The fourth-order valence-electron chi connectivity index (χ4n) is 3.22. The number of nitrogens with two attached hydrogens (primary N) is 1. The molecule has 238 valence electrons. The Balaban J connectivity index is 2.49. The van der Waals surface area contributed by atoms with Gasteiger partial charge in [-0.25, -0.2) is 9.36 Å². The minimum atomic E-state index is -2.31. The molecule has 1 aliphatic rings. The topological polar surface area (TPSA) is 201 Å². The minimum absolute atomic E-state index is 0.119. The maximum atomic E-state index is 12.9. The Kier molecular flexibility index (Phi) is 10.9. The number of aromatic nitrogens is 2. The van der Waals surface area contributed by atoms with Gasteiger partial charge in [0, 0.05) is 6.20 Å². The van der Waals surface area contributed by atoms with Gasteiger partial charge in [-0.3, -0.25) is 14.4 Å². The van der Waals surface area contributed by atoms with Crippen LogP contribution in [0, 0.1) is 27.6 Å². The molecule has 1 aromatic rings. The van der Waals surface area contributed by atoms with Crippen molar-refractivity contribution in [3.63, 3.8) is 0 Å². The molecule has 2 rings (SSSR count). The number of esters is 3. The van der Waals surface area contributed by atoms with Crippen molar-refractivity contribution in [1.29, 1.82) is 5.26 Å². The summed E-state index contributed by atoms with van der Waals surface area (Å²) in [5, 5.41) is 10.4. The first kappa shape index (κ1) is 35.0. The Labute approximate surface area is 249 Å². The van der Waals surface area contributed by atoms with Crippen LogP contribution in [0.3, 0.4) is 0 Å². The summed E-state index contributed by atoms with van der Waals surface area (Å²) in [5.41, 5.74) is -0.168. The molecular weight excluding hydrogens is 568 g/mol. The van der Waals surface area contributed by atoms with Crippen molar-refractivity contribution in [1.82, 2.24) is 9.55 Å². The normalized spacial score (nSPS) is 18.8. The second-order valence-corrected chi connectivity index (χ2v) is 12.6. The molecule has 1 aromatic heterocycles. The van der Waals surface area contributed by atoms with Crippen molar-refractivity contribution in [3.05, 3.63) is 34.3 Å². The van der Waals surface area contributed by atoms with Gasteiger partial charge < -0.3 is 38.9 Å². The molecule has 2 N–H and O–H groups in total. The highest BCUT2D eigenvalue weighted by atomic mass is 16.7. The molecule has 15 heteroatoms. The molecule has 0 saturated heterocycles. The molecule has 1 unspecified atom stereocenters. The lowest BCUT2D eigenvalue weighted by molar-refractivity contribution is -0.187. The number of nitrogens with zero attached hydrogens (tertiary/aromatic N) is 3. The quantitative estimate of drug-likeness (QED) is 0.166. The van der Waals surface area contributed by atoms with Crippen molar-refractivity contribution in [2.24, 2.45) is 16.2 Å². The van der Waals surface area contributed by atoms with Crippen molar-refractivity contribution in [3.8, 4) is 6.07 Å². The molecule has 0 amide bonds.